The summed E-state index contributed by atoms with van der Waals surface area (Å²) in [6.07, 6.45) is 5.03. The van der Waals surface area contributed by atoms with Crippen molar-refractivity contribution in [1.82, 2.24) is 20.1 Å². The number of carbonyl (C=O) groups excluding carboxylic acids is 2. The smallest absolute Gasteiger partial charge is 0.254 e. The van der Waals surface area contributed by atoms with E-state index in [0.29, 0.717) is 16.8 Å². The van der Waals surface area contributed by atoms with Crippen LogP contribution in [0.4, 0.5) is 0 Å². The highest BCUT2D eigenvalue weighted by atomic mass is 16.5. The van der Waals surface area contributed by atoms with Crippen molar-refractivity contribution in [3.63, 3.8) is 0 Å². The van der Waals surface area contributed by atoms with Crippen LogP contribution in [0.3, 0.4) is 0 Å². The number of pyridine rings is 1. The van der Waals surface area contributed by atoms with Crippen molar-refractivity contribution in [3.8, 4) is 11.9 Å². The molecule has 3 N–H and O–H groups in total. The number of amides is 2. The van der Waals surface area contributed by atoms with E-state index >= 15 is 0 Å². The summed E-state index contributed by atoms with van der Waals surface area (Å²) in [5.41, 5.74) is 7.53. The highest BCUT2D eigenvalue weighted by Crippen LogP contribution is 2.56. The summed E-state index contributed by atoms with van der Waals surface area (Å²) in [5.74, 6) is -0.497. The third-order valence-corrected chi connectivity index (χ3v) is 6.49. The number of nitrogens with one attached hydrogen (secondary N) is 1. The van der Waals surface area contributed by atoms with Gasteiger partial charge in [-0.3, -0.25) is 14.3 Å². The van der Waals surface area contributed by atoms with Gasteiger partial charge in [-0.2, -0.15) is 15.3 Å². The van der Waals surface area contributed by atoms with E-state index in [1.54, 1.807) is 48.3 Å². The number of benzene rings is 1. The number of aromatic nitrogens is 3. The monoisotopic (exact) mass is 430 g/mol. The number of nitriles is 1. The highest BCUT2D eigenvalue weighted by molar-refractivity contribution is 5.98. The molecule has 2 aliphatic carbocycles. The molecule has 0 radical (unpaired) electrons. The van der Waals surface area contributed by atoms with Crippen LogP contribution in [0.15, 0.2) is 36.5 Å². The molecule has 3 aromatic rings. The fraction of sp³-hybridized carbons (Fsp3) is 0.348. The molecule has 0 unspecified atom stereocenters. The molecular formula is C23H22N6O3. The summed E-state index contributed by atoms with van der Waals surface area (Å²) in [4.78, 5) is 28.8. The molecule has 2 saturated carbocycles. The molecule has 2 heterocycles. The number of rotatable bonds is 5. The van der Waals surface area contributed by atoms with Gasteiger partial charge in [-0.05, 0) is 55.4 Å². The summed E-state index contributed by atoms with van der Waals surface area (Å²) in [5, 5.41) is 16.9. The van der Waals surface area contributed by atoms with Crippen molar-refractivity contribution in [2.45, 2.75) is 37.8 Å². The van der Waals surface area contributed by atoms with Gasteiger partial charge >= 0.3 is 0 Å². The maximum Gasteiger partial charge on any atom is 0.254 e. The van der Waals surface area contributed by atoms with Crippen LogP contribution in [-0.2, 0) is 7.05 Å². The average Bonchev–Trinajstić information content (AvgIpc) is 3.09. The first-order valence-corrected chi connectivity index (χ1v) is 10.5. The first-order chi connectivity index (χ1) is 15.4. The minimum atomic E-state index is -0.584. The minimum Gasteiger partial charge on any atom is -0.474 e. The van der Waals surface area contributed by atoms with E-state index < -0.39 is 5.91 Å². The van der Waals surface area contributed by atoms with Crippen LogP contribution in [0, 0.1) is 16.7 Å². The number of ether oxygens (including phenoxy) is 1. The molecule has 1 spiro atoms. The first kappa shape index (κ1) is 20.0. The summed E-state index contributed by atoms with van der Waals surface area (Å²) in [7, 11) is 1.78. The van der Waals surface area contributed by atoms with Crippen molar-refractivity contribution in [2.75, 3.05) is 0 Å². The van der Waals surface area contributed by atoms with Crippen molar-refractivity contribution in [3.05, 3.63) is 53.2 Å². The third-order valence-electron chi connectivity index (χ3n) is 6.49. The topological polar surface area (TPSA) is 136 Å². The van der Waals surface area contributed by atoms with E-state index in [1.165, 1.54) is 0 Å². The molecule has 32 heavy (non-hydrogen) atoms. The molecule has 1 aromatic carbocycles. The lowest BCUT2D eigenvalue weighted by molar-refractivity contribution is -0.0847. The lowest BCUT2D eigenvalue weighted by Gasteiger charge is -2.57. The van der Waals surface area contributed by atoms with E-state index in [2.05, 4.69) is 15.4 Å². The van der Waals surface area contributed by atoms with Gasteiger partial charge in [0.15, 0.2) is 5.65 Å². The number of carbonyl (C=O) groups is 2. The fourth-order valence-corrected chi connectivity index (χ4v) is 4.89. The lowest BCUT2D eigenvalue weighted by atomic mass is 9.53. The second kappa shape index (κ2) is 7.34. The van der Waals surface area contributed by atoms with Gasteiger partial charge in [-0.25, -0.2) is 0 Å². The molecule has 0 saturated heterocycles. The highest BCUT2D eigenvalue weighted by Gasteiger charge is 2.54. The second-order valence-corrected chi connectivity index (χ2v) is 8.81. The van der Waals surface area contributed by atoms with E-state index in [9.17, 15) is 9.59 Å². The predicted molar refractivity (Wildman–Crippen MR) is 115 cm³/mol. The van der Waals surface area contributed by atoms with Crippen molar-refractivity contribution < 1.29 is 14.3 Å². The average molecular weight is 430 g/mol. The van der Waals surface area contributed by atoms with Crippen molar-refractivity contribution in [1.29, 1.82) is 5.26 Å². The molecule has 0 bridgehead atoms. The van der Waals surface area contributed by atoms with Gasteiger partial charge in [0.05, 0.1) is 17.8 Å². The van der Waals surface area contributed by atoms with Crippen LogP contribution in [0.25, 0.3) is 11.0 Å². The molecule has 2 aliphatic rings. The Kier molecular flexibility index (Phi) is 4.59. The van der Waals surface area contributed by atoms with Gasteiger partial charge in [0.2, 0.25) is 5.88 Å². The van der Waals surface area contributed by atoms with E-state index in [1.807, 2.05) is 6.07 Å². The Hall–Kier alpha value is -3.93. The van der Waals surface area contributed by atoms with E-state index in [4.69, 9.17) is 15.7 Å². The SMILES string of the molecule is Cn1ncc2cc(C(N)=O)c(O[C@H]3CC4(C[C@H](NC(=O)c5cccc(C#N)c5)C4)C3)nc21. The van der Waals surface area contributed by atoms with Crippen LogP contribution < -0.4 is 15.8 Å². The molecule has 0 aliphatic heterocycles. The Morgan fingerprint density at radius 2 is 2.06 bits per heavy atom. The molecule has 5 rings (SSSR count). The van der Waals surface area contributed by atoms with E-state index in [-0.39, 0.29) is 34.9 Å². The largest absolute Gasteiger partial charge is 0.474 e. The minimum absolute atomic E-state index is 0.0461. The van der Waals surface area contributed by atoms with Gasteiger partial charge in [-0.1, -0.05) is 6.07 Å². The van der Waals surface area contributed by atoms with Crippen LogP contribution >= 0.6 is 0 Å². The first-order valence-electron chi connectivity index (χ1n) is 10.5. The zero-order valence-electron chi connectivity index (χ0n) is 17.5. The van der Waals surface area contributed by atoms with Crippen molar-refractivity contribution in [2.24, 2.45) is 18.2 Å². The number of hydrogen-bond donors (Lipinski definition) is 2. The molecule has 2 aromatic heterocycles. The molecule has 162 valence electrons. The predicted octanol–water partition coefficient (Wildman–Crippen LogP) is 2.06. The van der Waals surface area contributed by atoms with Gasteiger partial charge < -0.3 is 15.8 Å². The number of aryl methyl sites for hydroxylation is 1. The quantitative estimate of drug-likeness (QED) is 0.636. The molecule has 9 heteroatoms. The summed E-state index contributed by atoms with van der Waals surface area (Å²) in [6.45, 7) is 0. The van der Waals surface area contributed by atoms with Crippen LogP contribution in [0.1, 0.15) is 52.0 Å². The Morgan fingerprint density at radius 3 is 2.78 bits per heavy atom. The van der Waals surface area contributed by atoms with Gasteiger partial charge in [0, 0.05) is 24.0 Å². The Morgan fingerprint density at radius 1 is 1.28 bits per heavy atom. The number of hydrogen-bond acceptors (Lipinski definition) is 6. The molecular weight excluding hydrogens is 408 g/mol. The maximum atomic E-state index is 12.4. The standard InChI is InChI=1S/C23H22N6O3/c1-29-20-15(12-26-29)6-18(19(25)30)22(28-20)32-17-9-23(10-17)7-16(8-23)27-21(31)14-4-2-3-13(5-14)11-24/h2-6,12,16-17H,7-10H2,1H3,(H2,25,30)(H,27,31)/t16-,17-,23?. The molecule has 2 amide bonds. The number of fused-ring (bicyclic) bond motifs is 1. The van der Waals surface area contributed by atoms with Gasteiger partial charge in [0.1, 0.15) is 11.7 Å². The summed E-state index contributed by atoms with van der Waals surface area (Å²) < 4.78 is 7.67. The van der Waals surface area contributed by atoms with Crippen LogP contribution in [0.5, 0.6) is 5.88 Å². The Labute approximate surface area is 184 Å². The van der Waals surface area contributed by atoms with Gasteiger partial charge in [0.25, 0.3) is 11.8 Å². The third kappa shape index (κ3) is 3.43. The normalized spacial score (nSPS) is 23.8. The van der Waals surface area contributed by atoms with Crippen LogP contribution in [-0.4, -0.2) is 38.7 Å². The summed E-state index contributed by atoms with van der Waals surface area (Å²) in [6, 6.07) is 10.5. The maximum absolute atomic E-state index is 12.4. The summed E-state index contributed by atoms with van der Waals surface area (Å²) >= 11 is 0. The fourth-order valence-electron chi connectivity index (χ4n) is 4.89. The Bertz CT molecular complexity index is 1280. The van der Waals surface area contributed by atoms with Gasteiger partial charge in [-0.15, -0.1) is 0 Å². The lowest BCUT2D eigenvalue weighted by Crippen LogP contribution is -2.58. The number of primary amides is 1. The second-order valence-electron chi connectivity index (χ2n) is 8.81. The zero-order valence-corrected chi connectivity index (χ0v) is 17.5. The molecule has 0 atom stereocenters. The number of nitrogens with two attached hydrogens (primary N) is 1. The number of nitrogens with zero attached hydrogens (tertiary/aromatic N) is 4. The Balaban J connectivity index is 1.18. The zero-order chi connectivity index (χ0) is 22.5. The van der Waals surface area contributed by atoms with E-state index in [0.717, 1.165) is 31.1 Å². The van der Waals surface area contributed by atoms with Crippen LogP contribution in [0.2, 0.25) is 0 Å². The molecule has 9 nitrogen and oxygen atoms in total. The molecule has 2 fully saturated rings. The van der Waals surface area contributed by atoms with Crippen molar-refractivity contribution >= 4 is 22.8 Å².